The van der Waals surface area contributed by atoms with E-state index in [-0.39, 0.29) is 30.1 Å². The maximum atomic E-state index is 14.0. The Hall–Kier alpha value is -3.07. The smallest absolute Gasteiger partial charge is 0.488 e. The summed E-state index contributed by atoms with van der Waals surface area (Å²) in [4.78, 5) is 12.8. The summed E-state index contributed by atoms with van der Waals surface area (Å²) in [7, 11) is 0. The Bertz CT molecular complexity index is 1190. The maximum Gasteiger partial charge on any atom is 0.522 e. The monoisotopic (exact) mass is 539 g/mol. The standard InChI is InChI=1S/C22H20F7N3O5/c23-14-4-16-12(3-13(14)21(24,25)26)15(33)5-17(37-16)18(34)31-19-8-20(9-19,10-19)32-7-11(6-30-32)35-1-2-36-22(27,28)29/h3-4,6-7,15,17,33H,1-2,5,8-10H2,(H,31,34)/t15-,17+,19?,20?/m0/s1. The molecule has 8 nitrogen and oxygen atoms in total. The van der Waals surface area contributed by atoms with Gasteiger partial charge in [-0.1, -0.05) is 0 Å². The van der Waals surface area contributed by atoms with Crippen molar-refractivity contribution < 1.29 is 54.8 Å². The molecule has 6 rings (SSSR count). The highest BCUT2D eigenvalue weighted by Crippen LogP contribution is 2.65. The lowest BCUT2D eigenvalue weighted by Gasteiger charge is -2.70. The number of benzene rings is 1. The number of aromatic nitrogens is 2. The molecular formula is C22H20F7N3O5. The lowest BCUT2D eigenvalue weighted by molar-refractivity contribution is -0.325. The fourth-order valence-corrected chi connectivity index (χ4v) is 5.25. The number of nitrogens with one attached hydrogen (secondary N) is 1. The van der Waals surface area contributed by atoms with Crippen molar-refractivity contribution in [3.63, 3.8) is 0 Å². The first-order valence-electron chi connectivity index (χ1n) is 11.1. The van der Waals surface area contributed by atoms with Crippen LogP contribution in [-0.2, 0) is 21.2 Å². The topological polar surface area (TPSA) is 94.8 Å². The van der Waals surface area contributed by atoms with Crippen LogP contribution >= 0.6 is 0 Å². The molecule has 202 valence electrons. The highest BCUT2D eigenvalue weighted by Gasteiger charge is 2.70. The van der Waals surface area contributed by atoms with Crippen LogP contribution in [-0.4, -0.2) is 52.0 Å². The van der Waals surface area contributed by atoms with Crippen molar-refractivity contribution in [2.75, 3.05) is 13.2 Å². The summed E-state index contributed by atoms with van der Waals surface area (Å²) in [6, 6.07) is 1.00. The molecule has 1 amide bonds. The molecule has 2 bridgehead atoms. The molecule has 0 unspecified atom stereocenters. The van der Waals surface area contributed by atoms with Gasteiger partial charge in [-0.2, -0.15) is 18.3 Å². The molecule has 15 heteroatoms. The predicted molar refractivity (Wildman–Crippen MR) is 108 cm³/mol. The molecule has 2 heterocycles. The number of amides is 1. The first-order valence-corrected chi connectivity index (χ1v) is 11.1. The van der Waals surface area contributed by atoms with Gasteiger partial charge in [-0.25, -0.2) is 4.39 Å². The number of halogens is 7. The highest BCUT2D eigenvalue weighted by atomic mass is 19.4. The second-order valence-electron chi connectivity index (χ2n) is 9.51. The third-order valence-electron chi connectivity index (χ3n) is 6.82. The van der Waals surface area contributed by atoms with Crippen molar-refractivity contribution in [3.05, 3.63) is 41.5 Å². The van der Waals surface area contributed by atoms with E-state index in [2.05, 4.69) is 15.2 Å². The molecule has 0 spiro atoms. The molecule has 0 radical (unpaired) electrons. The van der Waals surface area contributed by atoms with E-state index >= 15 is 0 Å². The minimum Gasteiger partial charge on any atom is -0.488 e. The fourth-order valence-electron chi connectivity index (χ4n) is 5.25. The normalized spacial score (nSPS) is 28.4. The van der Waals surface area contributed by atoms with Gasteiger partial charge in [-0.15, -0.1) is 13.2 Å². The summed E-state index contributed by atoms with van der Waals surface area (Å²) in [5.74, 6) is -2.23. The summed E-state index contributed by atoms with van der Waals surface area (Å²) in [6.07, 6.45) is -8.28. The molecule has 2 aromatic rings. The largest absolute Gasteiger partial charge is 0.522 e. The fraction of sp³-hybridized carbons (Fsp3) is 0.545. The number of rotatable bonds is 7. The zero-order valence-corrected chi connectivity index (χ0v) is 18.8. The molecule has 4 aliphatic rings. The van der Waals surface area contributed by atoms with Crippen molar-refractivity contribution in [3.8, 4) is 11.5 Å². The molecule has 3 fully saturated rings. The zero-order chi connectivity index (χ0) is 26.8. The number of hydrogen-bond donors (Lipinski definition) is 2. The van der Waals surface area contributed by atoms with Crippen LogP contribution in [0.1, 0.15) is 42.9 Å². The van der Waals surface area contributed by atoms with E-state index in [4.69, 9.17) is 9.47 Å². The van der Waals surface area contributed by atoms with E-state index in [1.54, 1.807) is 10.9 Å². The number of alkyl halides is 6. The number of nitrogens with zero attached hydrogens (tertiary/aromatic N) is 2. The Morgan fingerprint density at radius 3 is 2.54 bits per heavy atom. The van der Waals surface area contributed by atoms with Gasteiger partial charge in [0.2, 0.25) is 0 Å². The molecule has 3 saturated carbocycles. The molecular weight excluding hydrogens is 519 g/mol. The van der Waals surface area contributed by atoms with Crippen LogP contribution in [0.2, 0.25) is 0 Å². The maximum absolute atomic E-state index is 14.0. The summed E-state index contributed by atoms with van der Waals surface area (Å²) < 4.78 is 105. The van der Waals surface area contributed by atoms with E-state index in [9.17, 15) is 40.6 Å². The summed E-state index contributed by atoms with van der Waals surface area (Å²) in [5, 5.41) is 17.3. The second kappa shape index (κ2) is 8.48. The third kappa shape index (κ3) is 4.81. The van der Waals surface area contributed by atoms with Crippen molar-refractivity contribution in [2.24, 2.45) is 0 Å². The Labute approximate surface area is 204 Å². The summed E-state index contributed by atoms with van der Waals surface area (Å²) in [5.41, 5.74) is -2.74. The predicted octanol–water partition coefficient (Wildman–Crippen LogP) is 3.59. The summed E-state index contributed by atoms with van der Waals surface area (Å²) >= 11 is 0. The molecule has 1 aromatic heterocycles. The molecule has 1 aromatic carbocycles. The SMILES string of the molecule is O=C(NC12CC(n3cc(OCCOC(F)(F)F)cn3)(C1)C2)[C@H]1C[C@H](O)c2cc(C(F)(F)F)c(F)cc2O1. The van der Waals surface area contributed by atoms with Crippen LogP contribution in [0.15, 0.2) is 24.5 Å². The zero-order valence-electron chi connectivity index (χ0n) is 18.8. The van der Waals surface area contributed by atoms with E-state index < -0.39 is 59.7 Å². The third-order valence-corrected chi connectivity index (χ3v) is 6.82. The highest BCUT2D eigenvalue weighted by molar-refractivity contribution is 5.83. The van der Waals surface area contributed by atoms with Crippen molar-refractivity contribution in [1.82, 2.24) is 15.1 Å². The van der Waals surface area contributed by atoms with Crippen molar-refractivity contribution >= 4 is 5.91 Å². The number of hydrogen-bond acceptors (Lipinski definition) is 6. The van der Waals surface area contributed by atoms with Gasteiger partial charge in [0.15, 0.2) is 11.9 Å². The first-order chi connectivity index (χ1) is 17.2. The number of carbonyl (C=O) groups excluding carboxylic acids is 1. The van der Waals surface area contributed by atoms with E-state index in [1.165, 1.54) is 6.20 Å². The van der Waals surface area contributed by atoms with Gasteiger partial charge in [0.05, 0.1) is 36.2 Å². The van der Waals surface area contributed by atoms with Crippen molar-refractivity contribution in [1.29, 1.82) is 0 Å². The van der Waals surface area contributed by atoms with E-state index in [1.807, 2.05) is 0 Å². The quantitative estimate of drug-likeness (QED) is 0.413. The Balaban J connectivity index is 1.15. The van der Waals surface area contributed by atoms with Gasteiger partial charge < -0.3 is 19.9 Å². The van der Waals surface area contributed by atoms with Crippen LogP contribution in [0.5, 0.6) is 11.5 Å². The Morgan fingerprint density at radius 1 is 1.19 bits per heavy atom. The van der Waals surface area contributed by atoms with E-state index in [0.717, 1.165) is 0 Å². The average molecular weight is 539 g/mol. The minimum atomic E-state index is -4.95. The lowest BCUT2D eigenvalue weighted by Crippen LogP contribution is -2.79. The number of carbonyl (C=O) groups is 1. The molecule has 37 heavy (non-hydrogen) atoms. The average Bonchev–Trinajstić information content (AvgIpc) is 3.19. The molecule has 1 aliphatic heterocycles. The van der Waals surface area contributed by atoms with Gasteiger partial charge in [-0.05, 0) is 25.3 Å². The van der Waals surface area contributed by atoms with E-state index in [0.29, 0.717) is 31.4 Å². The Morgan fingerprint density at radius 2 is 1.89 bits per heavy atom. The minimum absolute atomic E-state index is 0.246. The lowest BCUT2D eigenvalue weighted by atomic mass is 9.44. The number of aliphatic hydroxyl groups excluding tert-OH is 1. The van der Waals surface area contributed by atoms with Crippen LogP contribution < -0.4 is 14.8 Å². The van der Waals surface area contributed by atoms with Crippen molar-refractivity contribution in [2.45, 2.75) is 61.5 Å². The van der Waals surface area contributed by atoms with Crippen LogP contribution in [0.4, 0.5) is 30.7 Å². The van der Waals surface area contributed by atoms with Gasteiger partial charge in [0.1, 0.15) is 18.2 Å². The number of ether oxygens (including phenoxy) is 3. The summed E-state index contributed by atoms with van der Waals surface area (Å²) in [6.45, 7) is -0.997. The van der Waals surface area contributed by atoms with Gasteiger partial charge in [0, 0.05) is 23.6 Å². The van der Waals surface area contributed by atoms with Gasteiger partial charge in [0.25, 0.3) is 5.91 Å². The Kier molecular flexibility index (Phi) is 5.86. The second-order valence-corrected chi connectivity index (χ2v) is 9.51. The van der Waals surface area contributed by atoms with Crippen LogP contribution in [0.3, 0.4) is 0 Å². The molecule has 3 aliphatic carbocycles. The molecule has 0 saturated heterocycles. The van der Waals surface area contributed by atoms with Gasteiger partial charge in [-0.3, -0.25) is 14.2 Å². The van der Waals surface area contributed by atoms with Crippen LogP contribution in [0, 0.1) is 5.82 Å². The first kappa shape index (κ1) is 25.6. The van der Waals surface area contributed by atoms with Crippen LogP contribution in [0.25, 0.3) is 0 Å². The number of aliphatic hydroxyl groups is 1. The molecule has 2 atom stereocenters. The number of fused-ring (bicyclic) bond motifs is 1. The van der Waals surface area contributed by atoms with Gasteiger partial charge >= 0.3 is 12.5 Å². The molecule has 2 N–H and O–H groups in total.